The number of rotatable bonds is 50. The van der Waals surface area contributed by atoms with Gasteiger partial charge in [0.1, 0.15) is 6.61 Å². The number of amides is 7. The highest BCUT2D eigenvalue weighted by atomic mass is 16.7. The Bertz CT molecular complexity index is 3550. The molecule has 7 amide bonds. The van der Waals surface area contributed by atoms with Crippen molar-refractivity contribution in [1.82, 2.24) is 46.1 Å². The minimum atomic E-state index is -1.47. The first-order valence-electron chi connectivity index (χ1n) is 40.9. The summed E-state index contributed by atoms with van der Waals surface area (Å²) < 4.78 is 71.3. The number of alkyl carbamates (subject to hydrolysis) is 1. The number of hydrogen-bond acceptors (Lipinski definition) is 25. The predicted molar refractivity (Wildman–Crippen MR) is 415 cm³/mol. The molecule has 6 aliphatic carbocycles. The molecule has 8 N–H and O–H groups in total. The maximum absolute atomic E-state index is 14.7. The van der Waals surface area contributed by atoms with E-state index >= 15 is 0 Å². The second kappa shape index (κ2) is 44.7. The van der Waals surface area contributed by atoms with Gasteiger partial charge in [-0.25, -0.2) is 23.9 Å². The van der Waals surface area contributed by atoms with Gasteiger partial charge in [0.25, 0.3) is 0 Å². The molecule has 1 aliphatic heterocycles. The van der Waals surface area contributed by atoms with Crippen molar-refractivity contribution in [2.24, 2.45) is 63.9 Å². The van der Waals surface area contributed by atoms with Crippen LogP contribution in [-0.2, 0) is 107 Å². The monoisotopic (exact) mass is 1600 g/mol. The zero-order valence-corrected chi connectivity index (χ0v) is 68.0. The molecule has 2 aromatic rings. The number of nitrogens with zero attached hydrogens (tertiary/aromatic N) is 5. The molecular formula is C81H125N11O22. The Hall–Kier alpha value is -7.57. The van der Waals surface area contributed by atoms with E-state index in [2.05, 4.69) is 43.8 Å². The van der Waals surface area contributed by atoms with Gasteiger partial charge in [0.2, 0.25) is 17.6 Å². The van der Waals surface area contributed by atoms with Crippen molar-refractivity contribution in [3.63, 3.8) is 0 Å². The van der Waals surface area contributed by atoms with Crippen molar-refractivity contribution in [3.8, 4) is 0 Å². The number of primary amides is 1. The lowest BCUT2D eigenvalue weighted by Gasteiger charge is -2.59. The van der Waals surface area contributed by atoms with Gasteiger partial charge in [0.15, 0.2) is 30.1 Å². The van der Waals surface area contributed by atoms with Gasteiger partial charge >= 0.3 is 24.3 Å². The molecule has 7 aliphatic rings. The highest BCUT2D eigenvalue weighted by molar-refractivity contribution is 6.01. The number of likely N-dealkylation sites (N-methyl/N-ethyl adjacent to an activating group) is 3. The number of aliphatic hydroxyl groups excluding tert-OH is 1. The molecule has 9 rings (SSSR count). The fraction of sp³-hybridized carbons (Fsp3) is 0.741. The Labute approximate surface area is 669 Å². The number of allylic oxidation sites excluding steroid dienone is 4. The molecule has 4 saturated carbocycles. The third-order valence-electron chi connectivity index (χ3n) is 23.8. The predicted octanol–water partition coefficient (Wildman–Crippen LogP) is 5.65. The molecule has 114 heavy (non-hydrogen) atoms. The Balaban J connectivity index is 0.594. The van der Waals surface area contributed by atoms with Crippen LogP contribution in [0.25, 0.3) is 0 Å². The maximum Gasteiger partial charge on any atom is 0.409 e. The van der Waals surface area contributed by atoms with Gasteiger partial charge in [-0.05, 0) is 143 Å². The van der Waals surface area contributed by atoms with Crippen molar-refractivity contribution in [2.45, 2.75) is 168 Å². The molecule has 0 radical (unpaired) electrons. The van der Waals surface area contributed by atoms with Crippen LogP contribution in [0.4, 0.5) is 24.9 Å². The Morgan fingerprint density at radius 2 is 1.38 bits per heavy atom. The van der Waals surface area contributed by atoms with Crippen LogP contribution in [0.3, 0.4) is 0 Å². The van der Waals surface area contributed by atoms with Crippen molar-refractivity contribution < 1.29 is 105 Å². The molecule has 0 bridgehead atoms. The Morgan fingerprint density at radius 3 is 2.03 bits per heavy atom. The van der Waals surface area contributed by atoms with Crippen LogP contribution < -0.4 is 32.3 Å². The number of carbonyl (C=O) groups excluding carboxylic acids is 9. The number of aryl methyl sites for hydroxylation is 1. The number of hydrogen-bond donors (Lipinski definition) is 7. The van der Waals surface area contributed by atoms with Gasteiger partial charge in [-0.2, -0.15) is 0 Å². The standard InChI is InChI=1S/C81H125N11O22/c1-9-11-71-113-69-48-63-61-18-15-56-47-58(93)23-25-79(56,4)72(61)67(95)49-80(63,5)81(69,114-71)68(96)52-112-78(102)91(8)30-29-90(7)77(101)111-50-54-13-16-57(17-14-54)86-74(98)55(12-10-26-84-75(82)99)46-66(94)73(53(2)3)87-70(97)24-32-103-36-40-107-44-45-109-42-38-105-34-28-85-76(100)110-51-62-59-19-21-64-65(22-20-60(59)62)92(89-88-64)31-35-106-39-43-108-41-37-104-33-27-83-6/h13-14,16-17,23,25,47,53,55,59-63,67,69,71-73,83,95H,9-12,15,18-22,24,26-46,48-52H2,1-8H3,(H,85,100)(H,86,98)(H,87,97)(H3,82,84,99)/t55-,59?,60?,61+,62?,63+,67+,69-,71?,72-,73+,79+,80+,81-/m1/s1. The second-order valence-corrected chi connectivity index (χ2v) is 31.7. The molecule has 1 aromatic carbocycles. The smallest absolute Gasteiger partial charge is 0.409 e. The zero-order chi connectivity index (χ0) is 81.8. The SMILES string of the molecule is CCCC1O[C@@H]2C[C@H]3[C@@H]4CCC5=CC(=O)C=C[C@]5(C)[C@H]4[C@@H](O)C[C@]3(C)[C@]2(C(=O)COC(=O)N(C)CCN(C)C(=O)OCc2ccc(NC(=O)[C@H](CCCNC(N)=O)CC(=O)[C@@H](NC(=O)CCOCCOCCOCCOCCNC(=O)OCC3C4CCc5nnn(CCOCCOCCOCCNC)c5CCC43)C(C)C)cc2)O1. The number of ether oxygens (including phenoxy) is 12. The van der Waals surface area contributed by atoms with E-state index in [1.807, 2.05) is 31.7 Å². The van der Waals surface area contributed by atoms with Gasteiger partial charge < -0.3 is 104 Å². The molecule has 4 unspecified atom stereocenters. The molecule has 5 fully saturated rings. The average molecular weight is 1600 g/mol. The summed E-state index contributed by atoms with van der Waals surface area (Å²) in [6, 6.07) is 4.95. The Morgan fingerprint density at radius 1 is 0.754 bits per heavy atom. The number of Topliss-reactive ketones (excluding diaryl/α,β-unsaturated/α-hetero) is 2. The Kier molecular flexibility index (Phi) is 35.4. The molecule has 1 aromatic heterocycles. The number of nitrogens with two attached hydrogens (primary N) is 1. The number of carbonyl (C=O) groups is 9. The summed E-state index contributed by atoms with van der Waals surface area (Å²) in [5.41, 5.74) is 6.70. The van der Waals surface area contributed by atoms with Crippen LogP contribution in [0, 0.1) is 58.2 Å². The summed E-state index contributed by atoms with van der Waals surface area (Å²) in [6.45, 7) is 16.8. The maximum atomic E-state index is 14.7. The number of fused-ring (bicyclic) bond motifs is 9. The summed E-state index contributed by atoms with van der Waals surface area (Å²) >= 11 is 0. The number of anilines is 1. The third-order valence-corrected chi connectivity index (χ3v) is 23.8. The van der Waals surface area contributed by atoms with E-state index in [0.717, 1.165) is 56.3 Å². The van der Waals surface area contributed by atoms with Crippen LogP contribution in [0.1, 0.15) is 129 Å². The van der Waals surface area contributed by atoms with Gasteiger partial charge in [-0.3, -0.25) is 24.0 Å². The summed E-state index contributed by atoms with van der Waals surface area (Å²) in [5, 5.41) is 35.0. The first kappa shape index (κ1) is 90.3. The number of aliphatic hydroxyl groups is 1. The summed E-state index contributed by atoms with van der Waals surface area (Å²) in [6.07, 6.45) is 8.85. The summed E-state index contributed by atoms with van der Waals surface area (Å²) in [5.74, 6) is -1.71. The molecule has 1 saturated heterocycles. The molecule has 33 heteroatoms. The number of nitrogens with one attached hydrogen (secondary N) is 5. The van der Waals surface area contributed by atoms with Crippen molar-refractivity contribution in [2.75, 3.05) is 165 Å². The van der Waals surface area contributed by atoms with Gasteiger partial charge in [-0.1, -0.05) is 70.0 Å². The van der Waals surface area contributed by atoms with E-state index in [9.17, 15) is 48.3 Å². The molecule has 2 heterocycles. The fourth-order valence-corrected chi connectivity index (χ4v) is 17.6. The van der Waals surface area contributed by atoms with Gasteiger partial charge in [0.05, 0.1) is 135 Å². The quantitative estimate of drug-likeness (QED) is 0.0311. The van der Waals surface area contributed by atoms with E-state index in [0.29, 0.717) is 147 Å². The van der Waals surface area contributed by atoms with Gasteiger partial charge in [0, 0.05) is 88.0 Å². The number of ketones is 3. The molecule has 636 valence electrons. The van der Waals surface area contributed by atoms with E-state index < -0.39 is 95.4 Å². The molecule has 14 atom stereocenters. The normalized spacial score (nSPS) is 25.5. The van der Waals surface area contributed by atoms with Crippen LogP contribution in [-0.4, -0.2) is 273 Å². The highest BCUT2D eigenvalue weighted by Crippen LogP contribution is 2.70. The highest BCUT2D eigenvalue weighted by Gasteiger charge is 2.76. The van der Waals surface area contributed by atoms with Crippen molar-refractivity contribution in [1.29, 1.82) is 0 Å². The van der Waals surface area contributed by atoms with E-state index in [-0.39, 0.29) is 107 Å². The summed E-state index contributed by atoms with van der Waals surface area (Å²) in [7, 11) is 4.90. The van der Waals surface area contributed by atoms with Crippen LogP contribution >= 0.6 is 0 Å². The lowest BCUT2D eigenvalue weighted by Crippen LogP contribution is -2.63. The first-order chi connectivity index (χ1) is 54.9. The lowest BCUT2D eigenvalue weighted by molar-refractivity contribution is -0.200. The van der Waals surface area contributed by atoms with Crippen LogP contribution in [0.5, 0.6) is 0 Å². The largest absolute Gasteiger partial charge is 0.449 e. The molecular weight excluding hydrogens is 1480 g/mol. The number of aromatic nitrogens is 3. The minimum Gasteiger partial charge on any atom is -0.449 e. The number of benzene rings is 1. The van der Waals surface area contributed by atoms with E-state index in [1.54, 1.807) is 50.3 Å². The van der Waals surface area contributed by atoms with E-state index in [1.165, 1.54) is 29.6 Å². The molecule has 33 nitrogen and oxygen atoms in total. The third kappa shape index (κ3) is 24.8. The fourth-order valence-electron chi connectivity index (χ4n) is 17.6. The zero-order valence-electron chi connectivity index (χ0n) is 68.0. The minimum absolute atomic E-state index is 0.0206. The summed E-state index contributed by atoms with van der Waals surface area (Å²) in [4.78, 5) is 121. The van der Waals surface area contributed by atoms with Gasteiger partial charge in [-0.15, -0.1) is 5.10 Å². The number of urea groups is 1. The molecule has 0 spiro atoms. The van der Waals surface area contributed by atoms with Crippen molar-refractivity contribution >= 4 is 59.2 Å². The van der Waals surface area contributed by atoms with Crippen molar-refractivity contribution in [3.05, 3.63) is 65.0 Å². The average Bonchev–Trinajstić information content (AvgIpc) is 1.49. The lowest BCUT2D eigenvalue weighted by atomic mass is 9.46. The van der Waals surface area contributed by atoms with E-state index in [4.69, 9.17) is 62.6 Å². The van der Waals surface area contributed by atoms with Crippen LogP contribution in [0.15, 0.2) is 48.1 Å². The first-order valence-corrected chi connectivity index (χ1v) is 40.9. The van der Waals surface area contributed by atoms with Crippen LogP contribution in [0.2, 0.25) is 0 Å². The topological polar surface area (TPSA) is 408 Å². The second-order valence-electron chi connectivity index (χ2n) is 31.7.